The molecule has 10 aromatic rings. The van der Waals surface area contributed by atoms with Crippen molar-refractivity contribution in [3.05, 3.63) is 212 Å². The Morgan fingerprint density at radius 2 is 0.796 bits per heavy atom. The largest absolute Gasteiger partial charge is 0.455 e. The predicted molar refractivity (Wildman–Crippen MR) is 228 cm³/mol. The van der Waals surface area contributed by atoms with E-state index in [0.717, 1.165) is 50.1 Å². The molecule has 0 radical (unpaired) electrons. The maximum atomic E-state index is 6.78. The zero-order valence-corrected chi connectivity index (χ0v) is 29.6. The minimum absolute atomic E-state index is 0.875. The van der Waals surface area contributed by atoms with E-state index in [1.54, 1.807) is 0 Å². The molecule has 0 bridgehead atoms. The fourth-order valence-corrected chi connectivity index (χ4v) is 7.74. The van der Waals surface area contributed by atoms with Gasteiger partial charge in [0.2, 0.25) is 0 Å². The molecule has 0 aliphatic rings. The van der Waals surface area contributed by atoms with Gasteiger partial charge < -0.3 is 9.32 Å². The molecule has 0 saturated carbocycles. The number of hydrogen-bond donors (Lipinski definition) is 0. The van der Waals surface area contributed by atoms with Gasteiger partial charge >= 0.3 is 0 Å². The quantitative estimate of drug-likeness (QED) is 0.166. The lowest BCUT2D eigenvalue weighted by Crippen LogP contribution is -2.11. The van der Waals surface area contributed by atoms with Gasteiger partial charge in [0.05, 0.1) is 5.69 Å². The second kappa shape index (κ2) is 13.4. The van der Waals surface area contributed by atoms with Gasteiger partial charge in [0.15, 0.2) is 0 Å². The molecule has 2 heteroatoms. The highest BCUT2D eigenvalue weighted by molar-refractivity contribution is 6.13. The summed E-state index contributed by atoms with van der Waals surface area (Å²) in [5.74, 6) is 0. The fraction of sp³-hybridized carbons (Fsp3) is 0. The number of furan rings is 1. The van der Waals surface area contributed by atoms with Gasteiger partial charge in [0, 0.05) is 27.7 Å². The molecule has 0 atom stereocenters. The third-order valence-corrected chi connectivity index (χ3v) is 10.5. The molecular weight excluding hydrogens is 655 g/mol. The Morgan fingerprint density at radius 3 is 1.44 bits per heavy atom. The molecule has 10 rings (SSSR count). The lowest BCUT2D eigenvalue weighted by molar-refractivity contribution is 0.670. The number of benzene rings is 9. The molecule has 9 aromatic carbocycles. The normalized spacial score (nSPS) is 11.3. The average Bonchev–Trinajstić information content (AvgIpc) is 3.63. The number of hydrogen-bond acceptors (Lipinski definition) is 2. The molecule has 0 aliphatic heterocycles. The van der Waals surface area contributed by atoms with Gasteiger partial charge in [-0.15, -0.1) is 0 Å². The summed E-state index contributed by atoms with van der Waals surface area (Å²) in [4.78, 5) is 2.37. The van der Waals surface area contributed by atoms with E-state index >= 15 is 0 Å². The maximum absolute atomic E-state index is 6.78. The van der Waals surface area contributed by atoms with Crippen LogP contribution in [0.25, 0.3) is 77.2 Å². The van der Waals surface area contributed by atoms with Gasteiger partial charge in [-0.2, -0.15) is 0 Å². The van der Waals surface area contributed by atoms with E-state index in [-0.39, 0.29) is 0 Å². The van der Waals surface area contributed by atoms with E-state index in [1.165, 1.54) is 44.2 Å². The van der Waals surface area contributed by atoms with Crippen molar-refractivity contribution in [3.8, 4) is 44.5 Å². The second-order valence-corrected chi connectivity index (χ2v) is 13.7. The number of rotatable bonds is 7. The Kier molecular flexibility index (Phi) is 7.85. The molecular formula is C52H35NO. The number of fused-ring (bicyclic) bond motifs is 4. The van der Waals surface area contributed by atoms with Crippen LogP contribution in [-0.4, -0.2) is 0 Å². The van der Waals surface area contributed by atoms with Crippen LogP contribution in [0.15, 0.2) is 217 Å². The van der Waals surface area contributed by atoms with E-state index in [1.807, 2.05) is 6.07 Å². The van der Waals surface area contributed by atoms with Crippen LogP contribution in [0.1, 0.15) is 0 Å². The average molecular weight is 690 g/mol. The lowest BCUT2D eigenvalue weighted by Gasteiger charge is -2.28. The highest BCUT2D eigenvalue weighted by atomic mass is 16.3. The zero-order valence-electron chi connectivity index (χ0n) is 29.6. The standard InChI is InChI=1S/C52H35NO/c1-3-11-36(12-4-1)39-19-22-42(23-20-39)51-49(34-33-48-47-17-9-10-18-50(47)54-52(48)51)53(45-29-25-40(26-30-45)37-13-5-2-6-14-37)46-31-27-41(28-32-46)44-24-21-38-15-7-8-16-43(38)35-44/h1-35H. The van der Waals surface area contributed by atoms with Crippen LogP contribution in [0.5, 0.6) is 0 Å². The smallest absolute Gasteiger partial charge is 0.145 e. The van der Waals surface area contributed by atoms with E-state index in [0.29, 0.717) is 0 Å². The van der Waals surface area contributed by atoms with E-state index in [2.05, 4.69) is 211 Å². The van der Waals surface area contributed by atoms with Gasteiger partial charge in [-0.1, -0.05) is 164 Å². The summed E-state index contributed by atoms with van der Waals surface area (Å²) in [7, 11) is 0. The van der Waals surface area contributed by atoms with Crippen LogP contribution in [0.2, 0.25) is 0 Å². The van der Waals surface area contributed by atoms with Crippen LogP contribution < -0.4 is 4.90 Å². The van der Waals surface area contributed by atoms with Crippen molar-refractivity contribution in [2.45, 2.75) is 0 Å². The van der Waals surface area contributed by atoms with Crippen molar-refractivity contribution in [2.75, 3.05) is 4.90 Å². The van der Waals surface area contributed by atoms with E-state index < -0.39 is 0 Å². The van der Waals surface area contributed by atoms with Gasteiger partial charge in [-0.3, -0.25) is 0 Å². The molecule has 0 amide bonds. The molecule has 2 nitrogen and oxygen atoms in total. The van der Waals surface area contributed by atoms with Crippen molar-refractivity contribution in [3.63, 3.8) is 0 Å². The molecule has 0 fully saturated rings. The monoisotopic (exact) mass is 689 g/mol. The first-order chi connectivity index (χ1) is 26.8. The summed E-state index contributed by atoms with van der Waals surface area (Å²) < 4.78 is 6.78. The Hall–Kier alpha value is -7.16. The minimum Gasteiger partial charge on any atom is -0.455 e. The summed E-state index contributed by atoms with van der Waals surface area (Å²) in [6.45, 7) is 0. The molecule has 1 heterocycles. The summed E-state index contributed by atoms with van der Waals surface area (Å²) in [6, 6.07) is 75.8. The summed E-state index contributed by atoms with van der Waals surface area (Å²) in [6.07, 6.45) is 0. The molecule has 1 aromatic heterocycles. The number of para-hydroxylation sites is 1. The zero-order chi connectivity index (χ0) is 35.8. The second-order valence-electron chi connectivity index (χ2n) is 13.7. The molecule has 0 N–H and O–H groups in total. The SMILES string of the molecule is c1ccc(-c2ccc(-c3c(N(c4ccc(-c5ccccc5)cc4)c4ccc(-c5ccc6ccccc6c5)cc4)ccc4c3oc3ccccc34)cc2)cc1. The topological polar surface area (TPSA) is 16.4 Å². The molecule has 254 valence electrons. The van der Waals surface area contributed by atoms with Crippen molar-refractivity contribution in [2.24, 2.45) is 0 Å². The van der Waals surface area contributed by atoms with Crippen LogP contribution in [0.4, 0.5) is 17.1 Å². The van der Waals surface area contributed by atoms with Crippen LogP contribution in [0.3, 0.4) is 0 Å². The Morgan fingerprint density at radius 1 is 0.315 bits per heavy atom. The van der Waals surface area contributed by atoms with Crippen LogP contribution in [0, 0.1) is 0 Å². The Balaban J connectivity index is 1.16. The molecule has 0 spiro atoms. The van der Waals surface area contributed by atoms with Crippen LogP contribution in [-0.2, 0) is 0 Å². The fourth-order valence-electron chi connectivity index (χ4n) is 7.74. The third-order valence-electron chi connectivity index (χ3n) is 10.5. The maximum Gasteiger partial charge on any atom is 0.145 e. The summed E-state index contributed by atoms with van der Waals surface area (Å²) in [5.41, 5.74) is 14.2. The summed E-state index contributed by atoms with van der Waals surface area (Å²) in [5, 5.41) is 4.69. The predicted octanol–water partition coefficient (Wildman–Crippen LogP) is 14.9. The highest BCUT2D eigenvalue weighted by Crippen LogP contribution is 2.47. The van der Waals surface area contributed by atoms with Crippen LogP contribution >= 0.6 is 0 Å². The first-order valence-electron chi connectivity index (χ1n) is 18.4. The highest BCUT2D eigenvalue weighted by Gasteiger charge is 2.23. The Bertz CT molecular complexity index is 2890. The number of anilines is 3. The number of nitrogens with zero attached hydrogens (tertiary/aromatic N) is 1. The first kappa shape index (κ1) is 31.6. The lowest BCUT2D eigenvalue weighted by atomic mass is 9.96. The van der Waals surface area contributed by atoms with Crippen molar-refractivity contribution in [1.82, 2.24) is 0 Å². The first-order valence-corrected chi connectivity index (χ1v) is 18.4. The minimum atomic E-state index is 0.875. The molecule has 54 heavy (non-hydrogen) atoms. The van der Waals surface area contributed by atoms with Gasteiger partial charge in [-0.25, -0.2) is 0 Å². The van der Waals surface area contributed by atoms with Gasteiger partial charge in [0.25, 0.3) is 0 Å². The van der Waals surface area contributed by atoms with E-state index in [9.17, 15) is 0 Å². The molecule has 0 saturated heterocycles. The van der Waals surface area contributed by atoms with Gasteiger partial charge in [0.1, 0.15) is 11.2 Å². The summed E-state index contributed by atoms with van der Waals surface area (Å²) >= 11 is 0. The molecule has 0 aliphatic carbocycles. The molecule has 0 unspecified atom stereocenters. The Labute approximate surface area is 314 Å². The van der Waals surface area contributed by atoms with E-state index in [4.69, 9.17) is 4.42 Å². The van der Waals surface area contributed by atoms with Crippen molar-refractivity contribution < 1.29 is 4.42 Å². The van der Waals surface area contributed by atoms with Crippen molar-refractivity contribution >= 4 is 49.8 Å². The third kappa shape index (κ3) is 5.71. The van der Waals surface area contributed by atoms with Gasteiger partial charge in [-0.05, 0) is 98.2 Å². The van der Waals surface area contributed by atoms with Crippen molar-refractivity contribution in [1.29, 1.82) is 0 Å².